The largest absolute Gasteiger partial charge is 0.496 e. The van der Waals surface area contributed by atoms with E-state index in [0.29, 0.717) is 24.6 Å². The second kappa shape index (κ2) is 8.31. The summed E-state index contributed by atoms with van der Waals surface area (Å²) in [7, 11) is 1.48. The average molecular weight is 268 g/mol. The van der Waals surface area contributed by atoms with Crippen molar-refractivity contribution in [2.75, 3.05) is 32.2 Å². The number of benzene rings is 1. The van der Waals surface area contributed by atoms with Gasteiger partial charge in [0, 0.05) is 19.8 Å². The third kappa shape index (κ3) is 5.13. The van der Waals surface area contributed by atoms with E-state index >= 15 is 0 Å². The highest BCUT2D eigenvalue weighted by Crippen LogP contribution is 2.28. The van der Waals surface area contributed by atoms with Crippen molar-refractivity contribution in [2.45, 2.75) is 19.8 Å². The molecule has 0 aromatic heterocycles. The minimum absolute atomic E-state index is 0.0221. The molecule has 0 heterocycles. The molecule has 0 aliphatic carbocycles. The molecule has 0 saturated heterocycles. The maximum absolute atomic E-state index is 10.9. The number of hydrogen-bond donors (Lipinski definition) is 1. The lowest BCUT2D eigenvalue weighted by Crippen LogP contribution is -2.07. The second-order valence-electron chi connectivity index (χ2n) is 4.03. The number of nitro benzene ring substituents is 1. The van der Waals surface area contributed by atoms with Gasteiger partial charge in [-0.15, -0.1) is 0 Å². The molecule has 1 aromatic rings. The van der Waals surface area contributed by atoms with Gasteiger partial charge in [-0.1, -0.05) is 6.92 Å². The maximum atomic E-state index is 10.9. The van der Waals surface area contributed by atoms with Crippen LogP contribution >= 0.6 is 0 Å². The molecule has 0 fully saturated rings. The van der Waals surface area contributed by atoms with Crippen LogP contribution in [-0.4, -0.2) is 31.8 Å². The summed E-state index contributed by atoms with van der Waals surface area (Å²) in [5.74, 6) is 0.475. The van der Waals surface area contributed by atoms with Gasteiger partial charge in [0.1, 0.15) is 11.4 Å². The van der Waals surface area contributed by atoms with Gasteiger partial charge in [-0.2, -0.15) is 0 Å². The van der Waals surface area contributed by atoms with E-state index < -0.39 is 4.92 Å². The number of methoxy groups -OCH3 is 1. The Morgan fingerprint density at radius 3 is 2.79 bits per heavy atom. The van der Waals surface area contributed by atoms with Crippen LogP contribution in [0, 0.1) is 10.1 Å². The molecular weight excluding hydrogens is 248 g/mol. The topological polar surface area (TPSA) is 73.6 Å². The van der Waals surface area contributed by atoms with Crippen LogP contribution in [-0.2, 0) is 4.74 Å². The molecule has 0 saturated carbocycles. The zero-order valence-electron chi connectivity index (χ0n) is 11.3. The number of nitro groups is 1. The minimum Gasteiger partial charge on any atom is -0.496 e. The van der Waals surface area contributed by atoms with Crippen LogP contribution in [0.3, 0.4) is 0 Å². The molecule has 0 atom stereocenters. The maximum Gasteiger partial charge on any atom is 0.296 e. The van der Waals surface area contributed by atoms with Crippen LogP contribution in [0.1, 0.15) is 19.8 Å². The zero-order valence-corrected chi connectivity index (χ0v) is 11.3. The SMILES string of the molecule is CCCOCCCNc1ccc(OC)cc1[N+](=O)[O-]. The number of rotatable bonds is 9. The van der Waals surface area contributed by atoms with E-state index in [2.05, 4.69) is 12.2 Å². The first kappa shape index (κ1) is 15.2. The van der Waals surface area contributed by atoms with Crippen molar-refractivity contribution in [2.24, 2.45) is 0 Å². The first-order valence-corrected chi connectivity index (χ1v) is 6.33. The van der Waals surface area contributed by atoms with Crippen molar-refractivity contribution in [1.82, 2.24) is 0 Å². The van der Waals surface area contributed by atoms with Gasteiger partial charge in [-0.3, -0.25) is 10.1 Å². The first-order valence-electron chi connectivity index (χ1n) is 6.33. The molecule has 19 heavy (non-hydrogen) atoms. The molecule has 0 unspecified atom stereocenters. The standard InChI is InChI=1S/C13H20N2O4/c1-3-8-19-9-4-7-14-12-6-5-11(18-2)10-13(12)15(16)17/h5-6,10,14H,3-4,7-9H2,1-2H3. The van der Waals surface area contributed by atoms with Crippen molar-refractivity contribution in [3.63, 3.8) is 0 Å². The summed E-state index contributed by atoms with van der Waals surface area (Å²) < 4.78 is 10.3. The van der Waals surface area contributed by atoms with Gasteiger partial charge in [0.05, 0.1) is 18.1 Å². The van der Waals surface area contributed by atoms with E-state index in [1.807, 2.05) is 0 Å². The molecule has 0 radical (unpaired) electrons. The third-order valence-electron chi connectivity index (χ3n) is 2.53. The number of nitrogens with one attached hydrogen (secondary N) is 1. The monoisotopic (exact) mass is 268 g/mol. The predicted octanol–water partition coefficient (Wildman–Crippen LogP) is 2.83. The Morgan fingerprint density at radius 2 is 2.16 bits per heavy atom. The second-order valence-corrected chi connectivity index (χ2v) is 4.03. The lowest BCUT2D eigenvalue weighted by molar-refractivity contribution is -0.384. The van der Waals surface area contributed by atoms with E-state index in [1.54, 1.807) is 12.1 Å². The molecular formula is C13H20N2O4. The van der Waals surface area contributed by atoms with Gasteiger partial charge in [0.2, 0.25) is 0 Å². The molecule has 106 valence electrons. The predicted molar refractivity (Wildman–Crippen MR) is 73.9 cm³/mol. The Hall–Kier alpha value is -1.82. The van der Waals surface area contributed by atoms with Crippen LogP contribution in [0.4, 0.5) is 11.4 Å². The summed E-state index contributed by atoms with van der Waals surface area (Å²) in [6.07, 6.45) is 1.81. The van der Waals surface area contributed by atoms with Gasteiger partial charge in [-0.25, -0.2) is 0 Å². The van der Waals surface area contributed by atoms with Crippen LogP contribution in [0.15, 0.2) is 18.2 Å². The molecule has 0 aliphatic rings. The zero-order chi connectivity index (χ0) is 14.1. The fourth-order valence-electron chi connectivity index (χ4n) is 1.58. The van der Waals surface area contributed by atoms with Crippen molar-refractivity contribution < 1.29 is 14.4 Å². The van der Waals surface area contributed by atoms with Gasteiger partial charge in [0.25, 0.3) is 5.69 Å². The molecule has 0 bridgehead atoms. The smallest absolute Gasteiger partial charge is 0.296 e. The first-order chi connectivity index (χ1) is 9.19. The van der Waals surface area contributed by atoms with Gasteiger partial charge < -0.3 is 14.8 Å². The van der Waals surface area contributed by atoms with Crippen LogP contribution in [0.5, 0.6) is 5.75 Å². The van der Waals surface area contributed by atoms with Gasteiger partial charge in [-0.05, 0) is 25.0 Å². The molecule has 6 heteroatoms. The number of hydrogen-bond acceptors (Lipinski definition) is 5. The Kier molecular flexibility index (Phi) is 6.67. The molecule has 0 aliphatic heterocycles. The molecule has 0 amide bonds. The molecule has 1 rings (SSSR count). The fourth-order valence-corrected chi connectivity index (χ4v) is 1.58. The summed E-state index contributed by atoms with van der Waals surface area (Å²) in [4.78, 5) is 10.5. The Balaban J connectivity index is 2.50. The van der Waals surface area contributed by atoms with E-state index in [1.165, 1.54) is 13.2 Å². The quantitative estimate of drug-likeness (QED) is 0.423. The van der Waals surface area contributed by atoms with Crippen molar-refractivity contribution in [3.8, 4) is 5.75 Å². The Morgan fingerprint density at radius 1 is 1.37 bits per heavy atom. The normalized spacial score (nSPS) is 10.2. The van der Waals surface area contributed by atoms with Crippen molar-refractivity contribution in [3.05, 3.63) is 28.3 Å². The fraction of sp³-hybridized carbons (Fsp3) is 0.538. The number of nitrogens with zero attached hydrogens (tertiary/aromatic N) is 1. The summed E-state index contributed by atoms with van der Waals surface area (Å²) in [6, 6.07) is 4.77. The van der Waals surface area contributed by atoms with Gasteiger partial charge in [0.15, 0.2) is 0 Å². The molecule has 1 aromatic carbocycles. The lowest BCUT2D eigenvalue weighted by Gasteiger charge is -2.08. The van der Waals surface area contributed by atoms with Crippen molar-refractivity contribution >= 4 is 11.4 Å². The summed E-state index contributed by atoms with van der Waals surface area (Å²) in [5, 5.41) is 14.0. The number of ether oxygens (including phenoxy) is 2. The van der Waals surface area contributed by atoms with E-state index in [0.717, 1.165) is 19.4 Å². The van der Waals surface area contributed by atoms with Gasteiger partial charge >= 0.3 is 0 Å². The highest BCUT2D eigenvalue weighted by atomic mass is 16.6. The van der Waals surface area contributed by atoms with E-state index in [4.69, 9.17) is 9.47 Å². The van der Waals surface area contributed by atoms with E-state index in [9.17, 15) is 10.1 Å². The van der Waals surface area contributed by atoms with Crippen LogP contribution < -0.4 is 10.1 Å². The lowest BCUT2D eigenvalue weighted by atomic mass is 10.2. The average Bonchev–Trinajstić information content (AvgIpc) is 2.42. The minimum atomic E-state index is -0.418. The highest BCUT2D eigenvalue weighted by molar-refractivity contribution is 5.63. The third-order valence-corrected chi connectivity index (χ3v) is 2.53. The molecule has 0 spiro atoms. The van der Waals surface area contributed by atoms with Crippen molar-refractivity contribution in [1.29, 1.82) is 0 Å². The molecule has 1 N–H and O–H groups in total. The van der Waals surface area contributed by atoms with Crippen LogP contribution in [0.25, 0.3) is 0 Å². The highest BCUT2D eigenvalue weighted by Gasteiger charge is 2.14. The molecule has 6 nitrogen and oxygen atoms in total. The summed E-state index contributed by atoms with van der Waals surface area (Å²) >= 11 is 0. The number of anilines is 1. The van der Waals surface area contributed by atoms with Crippen LogP contribution in [0.2, 0.25) is 0 Å². The summed E-state index contributed by atoms with van der Waals surface area (Å²) in [6.45, 7) is 4.10. The van der Waals surface area contributed by atoms with E-state index in [-0.39, 0.29) is 5.69 Å². The summed E-state index contributed by atoms with van der Waals surface area (Å²) in [5.41, 5.74) is 0.523. The Bertz CT molecular complexity index is 410. The Labute approximate surface area is 112 Å².